The van der Waals surface area contributed by atoms with E-state index in [1.54, 1.807) is 17.5 Å². The van der Waals surface area contributed by atoms with E-state index in [1.165, 1.54) is 5.56 Å². The van der Waals surface area contributed by atoms with Crippen LogP contribution in [0.1, 0.15) is 11.4 Å². The minimum Gasteiger partial charge on any atom is -0.332 e. The molecule has 0 radical (unpaired) electrons. The van der Waals surface area contributed by atoms with Crippen LogP contribution in [0.4, 0.5) is 10.8 Å². The van der Waals surface area contributed by atoms with Gasteiger partial charge in [0.1, 0.15) is 11.6 Å². The van der Waals surface area contributed by atoms with E-state index >= 15 is 0 Å². The smallest absolute Gasteiger partial charge is 0.134 e. The van der Waals surface area contributed by atoms with E-state index in [0.29, 0.717) is 13.0 Å². The predicted octanol–water partition coefficient (Wildman–Crippen LogP) is 2.09. The van der Waals surface area contributed by atoms with Crippen molar-refractivity contribution in [2.24, 2.45) is 5.73 Å². The Morgan fingerprint density at radius 3 is 3.00 bits per heavy atom. The van der Waals surface area contributed by atoms with Gasteiger partial charge in [-0.1, -0.05) is 0 Å². The highest BCUT2D eigenvalue weighted by Crippen LogP contribution is 2.24. The number of nitrogens with two attached hydrogens (primary N) is 1. The second kappa shape index (κ2) is 5.05. The quantitative estimate of drug-likeness (QED) is 0.850. The van der Waals surface area contributed by atoms with Gasteiger partial charge in [-0.15, -0.1) is 11.3 Å². The van der Waals surface area contributed by atoms with Crippen molar-refractivity contribution < 1.29 is 0 Å². The summed E-state index contributed by atoms with van der Waals surface area (Å²) >= 11 is 1.67. The second-order valence-electron chi connectivity index (χ2n) is 3.45. The Bertz CT molecular complexity index is 467. The molecule has 0 aliphatic heterocycles. The zero-order chi connectivity index (χ0) is 11.4. The first-order chi connectivity index (χ1) is 7.79. The number of nitrogens with zero attached hydrogens (tertiary/aromatic N) is 2. The third kappa shape index (κ3) is 2.56. The lowest BCUT2D eigenvalue weighted by molar-refractivity contribution is 0.870. The summed E-state index contributed by atoms with van der Waals surface area (Å²) in [6, 6.07) is 3.94. The predicted molar refractivity (Wildman–Crippen MR) is 67.1 cm³/mol. The molecule has 0 unspecified atom stereocenters. The van der Waals surface area contributed by atoms with E-state index < -0.39 is 0 Å². The Balaban J connectivity index is 2.15. The Labute approximate surface area is 98.6 Å². The first-order valence-electron chi connectivity index (χ1n) is 5.12. The molecule has 2 aromatic heterocycles. The molecule has 0 saturated heterocycles. The molecule has 0 bridgehead atoms. The van der Waals surface area contributed by atoms with Crippen LogP contribution in [0.5, 0.6) is 0 Å². The van der Waals surface area contributed by atoms with Gasteiger partial charge in [0.15, 0.2) is 0 Å². The highest BCUT2D eigenvalue weighted by Gasteiger charge is 2.02. The van der Waals surface area contributed by atoms with Crippen LogP contribution in [0.3, 0.4) is 0 Å². The topological polar surface area (TPSA) is 63.8 Å². The van der Waals surface area contributed by atoms with Gasteiger partial charge in [0.05, 0.1) is 5.00 Å². The SMILES string of the molecule is Cc1ccsc1Nc1ccnc(CCN)n1. The third-order valence-corrected chi connectivity index (χ3v) is 3.11. The molecule has 2 rings (SSSR count). The molecule has 4 nitrogen and oxygen atoms in total. The van der Waals surface area contributed by atoms with Crippen molar-refractivity contribution in [1.82, 2.24) is 9.97 Å². The van der Waals surface area contributed by atoms with Gasteiger partial charge in [0, 0.05) is 12.6 Å². The molecule has 0 amide bonds. The normalized spacial score (nSPS) is 10.4. The van der Waals surface area contributed by atoms with Crippen molar-refractivity contribution in [1.29, 1.82) is 0 Å². The number of rotatable bonds is 4. The number of thiophene rings is 1. The van der Waals surface area contributed by atoms with Crippen LogP contribution in [-0.2, 0) is 6.42 Å². The molecule has 0 aromatic carbocycles. The lowest BCUT2D eigenvalue weighted by Crippen LogP contribution is -2.07. The third-order valence-electron chi connectivity index (χ3n) is 2.18. The average molecular weight is 234 g/mol. The Kier molecular flexibility index (Phi) is 3.48. The maximum absolute atomic E-state index is 5.47. The lowest BCUT2D eigenvalue weighted by atomic mass is 10.3. The van der Waals surface area contributed by atoms with Crippen molar-refractivity contribution in [3.8, 4) is 0 Å². The van der Waals surface area contributed by atoms with Gasteiger partial charge in [-0.25, -0.2) is 9.97 Å². The zero-order valence-corrected chi connectivity index (χ0v) is 9.92. The molecule has 0 atom stereocenters. The summed E-state index contributed by atoms with van der Waals surface area (Å²) in [6.45, 7) is 2.64. The summed E-state index contributed by atoms with van der Waals surface area (Å²) < 4.78 is 0. The van der Waals surface area contributed by atoms with Crippen molar-refractivity contribution in [2.75, 3.05) is 11.9 Å². The molecular formula is C11H14N4S. The van der Waals surface area contributed by atoms with Crippen LogP contribution < -0.4 is 11.1 Å². The Morgan fingerprint density at radius 2 is 2.31 bits per heavy atom. The van der Waals surface area contributed by atoms with Crippen LogP contribution >= 0.6 is 11.3 Å². The van der Waals surface area contributed by atoms with Gasteiger partial charge >= 0.3 is 0 Å². The second-order valence-corrected chi connectivity index (χ2v) is 4.37. The molecule has 0 aliphatic rings. The van der Waals surface area contributed by atoms with Gasteiger partial charge in [-0.3, -0.25) is 0 Å². The number of aryl methyl sites for hydroxylation is 1. The standard InChI is InChI=1S/C11H14N4S/c1-8-4-7-16-11(8)15-10-3-6-13-9(14-10)2-5-12/h3-4,6-7H,2,5,12H2,1H3,(H,13,14,15). The summed E-state index contributed by atoms with van der Waals surface area (Å²) in [7, 11) is 0. The number of nitrogens with one attached hydrogen (secondary N) is 1. The van der Waals surface area contributed by atoms with Gasteiger partial charge in [-0.05, 0) is 36.5 Å². The molecule has 16 heavy (non-hydrogen) atoms. The fourth-order valence-corrected chi connectivity index (χ4v) is 2.16. The van der Waals surface area contributed by atoms with Crippen molar-refractivity contribution in [3.63, 3.8) is 0 Å². The molecule has 3 N–H and O–H groups in total. The van der Waals surface area contributed by atoms with Crippen molar-refractivity contribution in [3.05, 3.63) is 35.1 Å². The van der Waals surface area contributed by atoms with Gasteiger partial charge in [0.2, 0.25) is 0 Å². The van der Waals surface area contributed by atoms with E-state index in [-0.39, 0.29) is 0 Å². The monoisotopic (exact) mass is 234 g/mol. The summed E-state index contributed by atoms with van der Waals surface area (Å²) in [5.74, 6) is 1.60. The maximum Gasteiger partial charge on any atom is 0.134 e. The molecule has 0 saturated carbocycles. The zero-order valence-electron chi connectivity index (χ0n) is 9.10. The Hall–Kier alpha value is -1.46. The van der Waals surface area contributed by atoms with E-state index in [2.05, 4.69) is 33.7 Å². The highest BCUT2D eigenvalue weighted by atomic mass is 32.1. The van der Waals surface area contributed by atoms with Gasteiger partial charge < -0.3 is 11.1 Å². The van der Waals surface area contributed by atoms with Crippen LogP contribution in [0, 0.1) is 6.92 Å². The molecule has 84 valence electrons. The molecule has 0 fully saturated rings. The number of hydrogen-bond acceptors (Lipinski definition) is 5. The summed E-state index contributed by atoms with van der Waals surface area (Å²) in [6.07, 6.45) is 2.46. The molecule has 2 heterocycles. The minimum atomic E-state index is 0.571. The lowest BCUT2D eigenvalue weighted by Gasteiger charge is -2.05. The van der Waals surface area contributed by atoms with Gasteiger partial charge in [0.25, 0.3) is 0 Å². The molecule has 0 spiro atoms. The molecule has 5 heteroatoms. The fraction of sp³-hybridized carbons (Fsp3) is 0.273. The fourth-order valence-electron chi connectivity index (χ4n) is 1.34. The Morgan fingerprint density at radius 1 is 1.44 bits per heavy atom. The largest absolute Gasteiger partial charge is 0.332 e. The van der Waals surface area contributed by atoms with Gasteiger partial charge in [-0.2, -0.15) is 0 Å². The minimum absolute atomic E-state index is 0.571. The molecule has 0 aliphatic carbocycles. The van der Waals surface area contributed by atoms with E-state index in [9.17, 15) is 0 Å². The maximum atomic E-state index is 5.47. The van der Waals surface area contributed by atoms with E-state index in [0.717, 1.165) is 16.6 Å². The number of hydrogen-bond donors (Lipinski definition) is 2. The first-order valence-corrected chi connectivity index (χ1v) is 6.00. The first kappa shape index (κ1) is 11.0. The summed E-state index contributed by atoms with van der Waals surface area (Å²) in [5, 5.41) is 6.46. The number of anilines is 2. The van der Waals surface area contributed by atoms with E-state index in [1.807, 2.05) is 6.07 Å². The summed E-state index contributed by atoms with van der Waals surface area (Å²) in [5.41, 5.74) is 6.70. The van der Waals surface area contributed by atoms with Crippen LogP contribution in [-0.4, -0.2) is 16.5 Å². The van der Waals surface area contributed by atoms with E-state index in [4.69, 9.17) is 5.73 Å². The van der Waals surface area contributed by atoms with Crippen molar-refractivity contribution in [2.45, 2.75) is 13.3 Å². The number of aromatic nitrogens is 2. The van der Waals surface area contributed by atoms with Crippen molar-refractivity contribution >= 4 is 22.2 Å². The molecular weight excluding hydrogens is 220 g/mol. The molecule has 2 aromatic rings. The van der Waals surface area contributed by atoms with Crippen LogP contribution in [0.25, 0.3) is 0 Å². The highest BCUT2D eigenvalue weighted by molar-refractivity contribution is 7.14. The van der Waals surface area contributed by atoms with Crippen LogP contribution in [0.2, 0.25) is 0 Å². The average Bonchev–Trinajstić information content (AvgIpc) is 2.66. The summed E-state index contributed by atoms with van der Waals surface area (Å²) in [4.78, 5) is 8.54. The van der Waals surface area contributed by atoms with Crippen LogP contribution in [0.15, 0.2) is 23.7 Å².